The molecule has 4 aliphatic rings. The smallest absolute Gasteiger partial charge is 0.258 e. The number of ether oxygens (including phenoxy) is 1. The predicted octanol–water partition coefficient (Wildman–Crippen LogP) is 6.54. The molecule has 1 saturated carbocycles. The highest BCUT2D eigenvalue weighted by molar-refractivity contribution is 6.58. The van der Waals surface area contributed by atoms with Gasteiger partial charge < -0.3 is 9.84 Å². The van der Waals surface area contributed by atoms with Crippen molar-refractivity contribution < 1.29 is 38.2 Å². The van der Waals surface area contributed by atoms with E-state index in [9.17, 15) is 33.5 Å². The first-order valence-corrected chi connectivity index (χ1v) is 17.3. The Bertz CT molecular complexity index is 2230. The fourth-order valence-electron chi connectivity index (χ4n) is 8.49. The van der Waals surface area contributed by atoms with E-state index in [1.165, 1.54) is 25.3 Å². The molecule has 0 spiro atoms. The molecule has 2 aliphatic carbocycles. The van der Waals surface area contributed by atoms with Crippen molar-refractivity contribution in [1.29, 1.82) is 0 Å². The Hall–Kier alpha value is -5.32. The maximum Gasteiger partial charge on any atom is 0.258 e. The molecule has 52 heavy (non-hydrogen) atoms. The van der Waals surface area contributed by atoms with Crippen LogP contribution in [0.25, 0.3) is 0 Å². The molecule has 0 aromatic heterocycles. The van der Waals surface area contributed by atoms with Gasteiger partial charge in [0.1, 0.15) is 17.3 Å². The number of alkyl halides is 2. The number of halogens is 3. The normalized spacial score (nSPS) is 28.0. The van der Waals surface area contributed by atoms with Crippen LogP contribution in [0.4, 0.5) is 15.8 Å². The van der Waals surface area contributed by atoms with E-state index >= 15 is 0 Å². The number of allylic oxidation sites excluding steroid dienone is 2. The first-order valence-electron chi connectivity index (χ1n) is 16.6. The van der Waals surface area contributed by atoms with Gasteiger partial charge in [-0.15, -0.1) is 23.2 Å². The van der Waals surface area contributed by atoms with E-state index in [1.54, 1.807) is 72.8 Å². The van der Waals surface area contributed by atoms with Crippen molar-refractivity contribution in [2.24, 2.45) is 17.8 Å². The number of phenolic OH excluding ortho intramolecular Hbond substituents is 1. The fourth-order valence-corrected chi connectivity index (χ4v) is 9.41. The summed E-state index contributed by atoms with van der Waals surface area (Å²) in [5.41, 5.74) is 1.72. The van der Waals surface area contributed by atoms with Crippen molar-refractivity contribution in [2.75, 3.05) is 16.9 Å². The number of nitrogens with zero attached hydrogens (tertiary/aromatic N) is 2. The number of imide groups is 2. The van der Waals surface area contributed by atoms with Gasteiger partial charge in [-0.25, -0.2) is 9.29 Å². The Balaban J connectivity index is 1.22. The molecule has 6 unspecified atom stereocenters. The maximum atomic E-state index is 14.6. The summed E-state index contributed by atoms with van der Waals surface area (Å²) in [6.07, 6.45) is 1.55. The number of hydrogen-bond acceptors (Lipinski definition) is 7. The summed E-state index contributed by atoms with van der Waals surface area (Å²) in [7, 11) is 1.38. The molecule has 8 rings (SSSR count). The van der Waals surface area contributed by atoms with Gasteiger partial charge in [-0.3, -0.25) is 28.9 Å². The minimum atomic E-state index is -2.24. The topological polar surface area (TPSA) is 121 Å². The number of ketones is 1. The molecular weight excluding hydrogens is 710 g/mol. The van der Waals surface area contributed by atoms with Crippen LogP contribution in [0.1, 0.15) is 40.2 Å². The second-order valence-corrected chi connectivity index (χ2v) is 14.6. The molecule has 4 aromatic rings. The highest BCUT2D eigenvalue weighted by atomic mass is 35.5. The summed E-state index contributed by atoms with van der Waals surface area (Å²) in [5.74, 6) is -7.70. The van der Waals surface area contributed by atoms with E-state index in [2.05, 4.69) is 0 Å². The van der Waals surface area contributed by atoms with Crippen LogP contribution < -0.4 is 14.5 Å². The lowest BCUT2D eigenvalue weighted by molar-refractivity contribution is -0.125. The minimum absolute atomic E-state index is 0.0381. The Kier molecular flexibility index (Phi) is 7.89. The lowest BCUT2D eigenvalue weighted by Gasteiger charge is -2.50. The molecule has 0 bridgehead atoms. The van der Waals surface area contributed by atoms with Gasteiger partial charge in [0, 0.05) is 22.6 Å². The number of aromatic hydroxyl groups is 1. The lowest BCUT2D eigenvalue weighted by atomic mass is 9.56. The number of methoxy groups -OCH3 is 1. The summed E-state index contributed by atoms with van der Waals surface area (Å²) in [6, 6.07) is 24.1. The van der Waals surface area contributed by atoms with Crippen LogP contribution in [0.15, 0.2) is 109 Å². The van der Waals surface area contributed by atoms with Crippen LogP contribution in [0, 0.1) is 23.6 Å². The number of carbonyl (C=O) groups is 5. The SMILES string of the molecule is COc1cccc(O)c1C1C2=CCC3C(=O)N(c4ccc(C(=O)c5ccccc5)cc4)C(=O)C3C2CC2(Cl)C(=O)N(c3ccc(F)cc3)C(=O)C12Cl. The van der Waals surface area contributed by atoms with Crippen LogP contribution in [0.2, 0.25) is 0 Å². The number of phenols is 1. The number of anilines is 2. The van der Waals surface area contributed by atoms with Crippen molar-refractivity contribution in [3.8, 4) is 11.5 Å². The zero-order valence-electron chi connectivity index (χ0n) is 27.5. The molecule has 6 atom stereocenters. The summed E-state index contributed by atoms with van der Waals surface area (Å²) in [4.78, 5) is 68.1. The monoisotopic (exact) mass is 738 g/mol. The molecule has 2 saturated heterocycles. The maximum absolute atomic E-state index is 14.6. The first kappa shape index (κ1) is 33.8. The van der Waals surface area contributed by atoms with Crippen molar-refractivity contribution >= 4 is 64.0 Å². The first-order chi connectivity index (χ1) is 24.9. The van der Waals surface area contributed by atoms with Crippen LogP contribution >= 0.6 is 23.2 Å². The molecule has 12 heteroatoms. The average Bonchev–Trinajstić information content (AvgIpc) is 3.49. The largest absolute Gasteiger partial charge is 0.508 e. The predicted molar refractivity (Wildman–Crippen MR) is 190 cm³/mol. The molecule has 4 amide bonds. The van der Waals surface area contributed by atoms with E-state index in [1.807, 2.05) is 0 Å². The van der Waals surface area contributed by atoms with E-state index < -0.39 is 62.9 Å². The zero-order chi connectivity index (χ0) is 36.7. The fraction of sp³-hybridized carbons (Fsp3) is 0.225. The second kappa shape index (κ2) is 12.1. The molecule has 2 heterocycles. The third-order valence-electron chi connectivity index (χ3n) is 10.9. The van der Waals surface area contributed by atoms with Gasteiger partial charge in [-0.05, 0) is 79.4 Å². The van der Waals surface area contributed by atoms with Gasteiger partial charge in [-0.1, -0.05) is 48.0 Å². The molecular formula is C40H29Cl2FN2O7. The summed E-state index contributed by atoms with van der Waals surface area (Å²) in [6.45, 7) is 0. The molecule has 1 N–H and O–H groups in total. The van der Waals surface area contributed by atoms with Crippen LogP contribution in [-0.2, 0) is 19.2 Å². The number of rotatable bonds is 6. The second-order valence-electron chi connectivity index (χ2n) is 13.4. The van der Waals surface area contributed by atoms with Gasteiger partial charge in [0.25, 0.3) is 11.8 Å². The Morgan fingerprint density at radius 2 is 1.42 bits per heavy atom. The molecule has 0 radical (unpaired) electrons. The van der Waals surface area contributed by atoms with Crippen LogP contribution in [0.3, 0.4) is 0 Å². The Morgan fingerprint density at radius 1 is 0.788 bits per heavy atom. The van der Waals surface area contributed by atoms with Gasteiger partial charge >= 0.3 is 0 Å². The van der Waals surface area contributed by atoms with E-state index in [-0.39, 0.29) is 47.1 Å². The van der Waals surface area contributed by atoms with Crippen LogP contribution in [-0.4, -0.2) is 51.4 Å². The number of carbonyl (C=O) groups excluding carboxylic acids is 5. The standard InChI is InChI=1S/C40H29Cl2FN2O7/c1-52-30-9-5-8-29(46)32(30)33-26-18-19-27-31(28(26)20-39(41)37(50)45(38(51)40(33,39)42)25-16-12-23(43)13-17-25)36(49)44(35(27)48)24-14-10-22(11-15-24)34(47)21-6-3-2-4-7-21/h2-18,27-28,31,33,46H,19-20H2,1H3. The summed E-state index contributed by atoms with van der Waals surface area (Å²) in [5, 5.41) is 11.3. The molecule has 262 valence electrons. The average molecular weight is 740 g/mol. The van der Waals surface area contributed by atoms with Gasteiger partial charge in [0.2, 0.25) is 11.8 Å². The highest BCUT2D eigenvalue weighted by Crippen LogP contribution is 2.67. The third-order valence-corrected chi connectivity index (χ3v) is 12.3. The summed E-state index contributed by atoms with van der Waals surface area (Å²) < 4.78 is 19.6. The highest BCUT2D eigenvalue weighted by Gasteiger charge is 2.77. The van der Waals surface area contributed by atoms with E-state index in [0.717, 1.165) is 21.9 Å². The quantitative estimate of drug-likeness (QED) is 0.103. The van der Waals surface area contributed by atoms with Gasteiger partial charge in [-0.2, -0.15) is 0 Å². The number of benzene rings is 4. The zero-order valence-corrected chi connectivity index (χ0v) is 29.0. The molecule has 9 nitrogen and oxygen atoms in total. The molecule has 4 aromatic carbocycles. The van der Waals surface area contributed by atoms with Crippen molar-refractivity contribution in [3.05, 3.63) is 131 Å². The third kappa shape index (κ3) is 4.63. The number of amides is 4. The Labute approximate surface area is 307 Å². The molecule has 3 fully saturated rings. The van der Waals surface area contributed by atoms with Crippen molar-refractivity contribution in [3.63, 3.8) is 0 Å². The van der Waals surface area contributed by atoms with Crippen LogP contribution in [0.5, 0.6) is 11.5 Å². The van der Waals surface area contributed by atoms with Crippen molar-refractivity contribution in [1.82, 2.24) is 0 Å². The summed E-state index contributed by atoms with van der Waals surface area (Å²) >= 11 is 14.8. The van der Waals surface area contributed by atoms with E-state index in [4.69, 9.17) is 27.9 Å². The lowest BCUT2D eigenvalue weighted by Crippen LogP contribution is -2.60. The Morgan fingerprint density at radius 3 is 2.10 bits per heavy atom. The minimum Gasteiger partial charge on any atom is -0.508 e. The van der Waals surface area contributed by atoms with Gasteiger partial charge in [0.05, 0.1) is 30.3 Å². The number of fused-ring (bicyclic) bond motifs is 4. The number of hydrogen-bond donors (Lipinski definition) is 1. The van der Waals surface area contributed by atoms with Gasteiger partial charge in [0.15, 0.2) is 15.5 Å². The molecule has 2 aliphatic heterocycles. The van der Waals surface area contributed by atoms with E-state index in [0.29, 0.717) is 16.7 Å². The van der Waals surface area contributed by atoms with Crippen molar-refractivity contribution in [2.45, 2.75) is 28.5 Å².